The first-order valence-corrected chi connectivity index (χ1v) is 11.1. The summed E-state index contributed by atoms with van der Waals surface area (Å²) in [6.07, 6.45) is -2.59. The number of aryl methyl sites for hydroxylation is 1. The Morgan fingerprint density at radius 3 is 2.55 bits per heavy atom. The first-order valence-electron chi connectivity index (χ1n) is 10.2. The predicted molar refractivity (Wildman–Crippen MR) is 111 cm³/mol. The predicted octanol–water partition coefficient (Wildman–Crippen LogP) is 5.29. The maximum Gasteiger partial charge on any atom is 0.439 e. The molecule has 2 aromatic heterocycles. The van der Waals surface area contributed by atoms with Crippen LogP contribution in [0.15, 0.2) is 21.5 Å². The number of benzene rings is 1. The highest BCUT2D eigenvalue weighted by molar-refractivity contribution is 7.11. The normalized spacial score (nSPS) is 16.1. The van der Waals surface area contributed by atoms with E-state index in [1.54, 1.807) is 6.92 Å². The van der Waals surface area contributed by atoms with E-state index in [0.717, 1.165) is 23.8 Å². The summed E-state index contributed by atoms with van der Waals surface area (Å²) < 4.78 is 72.0. The van der Waals surface area contributed by atoms with Gasteiger partial charge in [-0.1, -0.05) is 24.4 Å². The first-order chi connectivity index (χ1) is 15.6. The largest absolute Gasteiger partial charge is 0.496 e. The van der Waals surface area contributed by atoms with Crippen LogP contribution in [0, 0.1) is 12.7 Å². The molecule has 33 heavy (non-hydrogen) atoms. The fourth-order valence-corrected chi connectivity index (χ4v) is 5.27. The minimum atomic E-state index is -4.40. The molecular weight excluding hydrogens is 466 g/mol. The lowest BCUT2D eigenvalue weighted by molar-refractivity contribution is -0.199. The molecule has 178 valence electrons. The quantitative estimate of drug-likeness (QED) is 0.476. The number of thiazole rings is 1. The summed E-state index contributed by atoms with van der Waals surface area (Å²) >= 11 is 0.958. The van der Waals surface area contributed by atoms with Crippen molar-refractivity contribution in [3.8, 4) is 22.9 Å². The van der Waals surface area contributed by atoms with Crippen LogP contribution in [0.5, 0.6) is 11.5 Å². The Balaban J connectivity index is 1.59. The van der Waals surface area contributed by atoms with Gasteiger partial charge in [-0.05, 0) is 25.8 Å². The number of hydrogen-bond donors (Lipinski definition) is 1. The lowest BCUT2D eigenvalue weighted by Crippen LogP contribution is -2.43. The van der Waals surface area contributed by atoms with Gasteiger partial charge in [0.05, 0.1) is 23.2 Å². The van der Waals surface area contributed by atoms with Gasteiger partial charge in [-0.3, -0.25) is 9.51 Å². The lowest BCUT2D eigenvalue weighted by Gasteiger charge is -2.37. The molecule has 1 aromatic carbocycles. The van der Waals surface area contributed by atoms with Crippen LogP contribution in [-0.2, 0) is 12.0 Å². The summed E-state index contributed by atoms with van der Waals surface area (Å²) in [5, 5.41) is 3.55. The van der Waals surface area contributed by atoms with Gasteiger partial charge < -0.3 is 9.47 Å². The Kier molecular flexibility index (Phi) is 6.21. The summed E-state index contributed by atoms with van der Waals surface area (Å²) in [5.41, 5.74) is -1.37. The zero-order valence-electron chi connectivity index (χ0n) is 17.8. The summed E-state index contributed by atoms with van der Waals surface area (Å²) in [5.74, 6) is -1.60. The second-order valence-corrected chi connectivity index (χ2v) is 8.97. The fraction of sp³-hybridized carbons (Fsp3) is 0.476. The highest BCUT2D eigenvalue weighted by atomic mass is 32.1. The Morgan fingerprint density at radius 2 is 1.94 bits per heavy atom. The standard InChI is InChI=1S/C21H21F4N3O4S/c1-11-16(33-18(26-11)20(21(23,24)25)6-4-3-5-7-20)10-31-15-9-14(30-2)12(8-13(15)22)17-27-19(29)32-28-17/h8-9H,3-7,10H2,1-2H3,(H,27,28,29). The average Bonchev–Trinajstić information content (AvgIpc) is 3.38. The molecule has 0 amide bonds. The van der Waals surface area contributed by atoms with Crippen molar-refractivity contribution in [3.63, 3.8) is 0 Å². The smallest absolute Gasteiger partial charge is 0.439 e. The minimum absolute atomic E-state index is 0.0151. The minimum Gasteiger partial charge on any atom is -0.496 e. The van der Waals surface area contributed by atoms with E-state index in [4.69, 9.17) is 9.47 Å². The number of H-pyrrole nitrogens is 1. The molecule has 2 heterocycles. The number of aromatic nitrogens is 3. The fourth-order valence-electron chi connectivity index (χ4n) is 4.03. The molecule has 0 unspecified atom stereocenters. The number of nitrogens with zero attached hydrogens (tertiary/aromatic N) is 2. The maximum atomic E-state index is 14.7. The van der Waals surface area contributed by atoms with E-state index in [1.165, 1.54) is 13.2 Å². The topological polar surface area (TPSA) is 90.2 Å². The molecule has 1 saturated carbocycles. The highest BCUT2D eigenvalue weighted by Gasteiger charge is 2.57. The molecule has 0 aliphatic heterocycles. The number of aromatic amines is 1. The van der Waals surface area contributed by atoms with Gasteiger partial charge >= 0.3 is 11.9 Å². The number of halogens is 4. The summed E-state index contributed by atoms with van der Waals surface area (Å²) in [6, 6.07) is 2.33. The zero-order chi connectivity index (χ0) is 23.8. The number of hydrogen-bond acceptors (Lipinski definition) is 7. The van der Waals surface area contributed by atoms with Crippen molar-refractivity contribution in [2.24, 2.45) is 0 Å². The first kappa shape index (κ1) is 23.3. The van der Waals surface area contributed by atoms with Crippen LogP contribution in [-0.4, -0.2) is 28.4 Å². The third kappa shape index (κ3) is 4.35. The van der Waals surface area contributed by atoms with Crippen LogP contribution >= 0.6 is 11.3 Å². The van der Waals surface area contributed by atoms with Crippen LogP contribution in [0.4, 0.5) is 17.6 Å². The summed E-state index contributed by atoms with van der Waals surface area (Å²) in [7, 11) is 1.35. The van der Waals surface area contributed by atoms with E-state index in [0.29, 0.717) is 23.4 Å². The van der Waals surface area contributed by atoms with Gasteiger partial charge in [0.15, 0.2) is 17.4 Å². The number of ether oxygens (including phenoxy) is 2. The van der Waals surface area contributed by atoms with Crippen LogP contribution in [0.3, 0.4) is 0 Å². The van der Waals surface area contributed by atoms with Gasteiger partial charge in [0.25, 0.3) is 0 Å². The van der Waals surface area contributed by atoms with Gasteiger partial charge in [-0.25, -0.2) is 14.2 Å². The second kappa shape index (κ2) is 8.81. The van der Waals surface area contributed by atoms with E-state index >= 15 is 0 Å². The second-order valence-electron chi connectivity index (χ2n) is 7.88. The molecule has 0 radical (unpaired) electrons. The van der Waals surface area contributed by atoms with Crippen LogP contribution in [0.1, 0.15) is 47.7 Å². The van der Waals surface area contributed by atoms with Crippen molar-refractivity contribution < 1.29 is 31.6 Å². The van der Waals surface area contributed by atoms with E-state index < -0.39 is 23.2 Å². The Hall–Kier alpha value is -2.89. The van der Waals surface area contributed by atoms with Crippen molar-refractivity contribution in [2.75, 3.05) is 7.11 Å². The summed E-state index contributed by atoms with van der Waals surface area (Å²) in [4.78, 5) is 18.2. The van der Waals surface area contributed by atoms with Crippen LogP contribution < -0.4 is 15.2 Å². The van der Waals surface area contributed by atoms with E-state index in [9.17, 15) is 22.4 Å². The van der Waals surface area contributed by atoms with Gasteiger partial charge in [-0.15, -0.1) is 11.3 Å². The lowest BCUT2D eigenvalue weighted by atomic mass is 9.74. The molecular formula is C21H21F4N3O4S. The third-order valence-electron chi connectivity index (χ3n) is 5.86. The SMILES string of the molecule is COc1cc(OCc2sc(C3(C(F)(F)F)CCCCC3)nc2C)c(F)cc1-c1noc(=O)[nH]1. The molecule has 0 bridgehead atoms. The molecule has 12 heteroatoms. The molecule has 0 spiro atoms. The van der Waals surface area contributed by atoms with Gasteiger partial charge in [0.2, 0.25) is 0 Å². The van der Waals surface area contributed by atoms with Crippen LogP contribution in [0.25, 0.3) is 11.4 Å². The molecule has 0 saturated heterocycles. The van der Waals surface area contributed by atoms with Crippen LogP contribution in [0.2, 0.25) is 0 Å². The third-order valence-corrected chi connectivity index (χ3v) is 7.20. The number of rotatable bonds is 6. The summed E-state index contributed by atoms with van der Waals surface area (Å²) in [6.45, 7) is 1.46. The van der Waals surface area contributed by atoms with Crippen molar-refractivity contribution in [1.29, 1.82) is 0 Å². The monoisotopic (exact) mass is 487 g/mol. The highest BCUT2D eigenvalue weighted by Crippen LogP contribution is 2.52. The van der Waals surface area contributed by atoms with E-state index in [2.05, 4.69) is 19.6 Å². The molecule has 1 fully saturated rings. The molecule has 4 rings (SSSR count). The molecule has 0 atom stereocenters. The number of nitrogens with one attached hydrogen (secondary N) is 1. The van der Waals surface area contributed by atoms with E-state index in [1.807, 2.05) is 0 Å². The van der Waals surface area contributed by atoms with Crippen molar-refractivity contribution >= 4 is 11.3 Å². The maximum absolute atomic E-state index is 14.7. The average molecular weight is 487 g/mol. The van der Waals surface area contributed by atoms with Crippen molar-refractivity contribution in [1.82, 2.24) is 15.1 Å². The number of methoxy groups -OCH3 is 1. The molecule has 1 aliphatic rings. The molecule has 3 aromatic rings. The van der Waals surface area contributed by atoms with Gasteiger partial charge in [0.1, 0.15) is 22.8 Å². The molecule has 1 aliphatic carbocycles. The Morgan fingerprint density at radius 1 is 1.21 bits per heavy atom. The van der Waals surface area contributed by atoms with Crippen molar-refractivity contribution in [3.05, 3.63) is 44.1 Å². The van der Waals surface area contributed by atoms with Gasteiger partial charge in [0, 0.05) is 6.07 Å². The Bertz CT molecular complexity index is 1200. The zero-order valence-corrected chi connectivity index (χ0v) is 18.7. The Labute approximate surface area is 189 Å². The molecule has 1 N–H and O–H groups in total. The molecule has 7 nitrogen and oxygen atoms in total. The number of alkyl halides is 3. The van der Waals surface area contributed by atoms with E-state index in [-0.39, 0.29) is 47.3 Å². The van der Waals surface area contributed by atoms with Crippen molar-refractivity contribution in [2.45, 2.75) is 57.2 Å². The van der Waals surface area contributed by atoms with Gasteiger partial charge in [-0.2, -0.15) is 13.2 Å².